The van der Waals surface area contributed by atoms with Crippen LogP contribution < -0.4 is 4.74 Å². The monoisotopic (exact) mass is 142 g/mol. The first kappa shape index (κ1) is 6.62. The van der Waals surface area contributed by atoms with Gasteiger partial charge in [-0.05, 0) is 18.6 Å². The lowest BCUT2D eigenvalue weighted by Crippen LogP contribution is -1.73. The predicted octanol–water partition coefficient (Wildman–Crippen LogP) is 2.32. The second kappa shape index (κ2) is 2.87. The number of methoxy groups -OCH3 is 1. The van der Waals surface area contributed by atoms with E-state index in [2.05, 4.69) is 13.0 Å². The van der Waals surface area contributed by atoms with Crippen molar-refractivity contribution in [2.24, 2.45) is 0 Å². The molecule has 0 radical (unpaired) electrons. The molecule has 0 aromatic carbocycles. The molecule has 0 bridgehead atoms. The third kappa shape index (κ3) is 1.45. The fraction of sp³-hybridized carbons (Fsp3) is 0.429. The van der Waals surface area contributed by atoms with Crippen molar-refractivity contribution in [3.8, 4) is 5.06 Å². The maximum atomic E-state index is 5.02. The first-order valence-electron chi connectivity index (χ1n) is 2.99. The fourth-order valence-corrected chi connectivity index (χ4v) is 1.42. The van der Waals surface area contributed by atoms with E-state index in [1.54, 1.807) is 18.4 Å². The molecule has 9 heavy (non-hydrogen) atoms. The Morgan fingerprint density at radius 2 is 2.33 bits per heavy atom. The molecule has 0 saturated heterocycles. The molecule has 1 aromatic rings. The zero-order chi connectivity index (χ0) is 6.69. The summed E-state index contributed by atoms with van der Waals surface area (Å²) in [5, 5.41) is 1.01. The molecule has 50 valence electrons. The van der Waals surface area contributed by atoms with E-state index >= 15 is 0 Å². The van der Waals surface area contributed by atoms with E-state index in [-0.39, 0.29) is 0 Å². The first-order chi connectivity index (χ1) is 4.36. The van der Waals surface area contributed by atoms with E-state index in [4.69, 9.17) is 4.74 Å². The number of rotatable bonds is 2. The van der Waals surface area contributed by atoms with Crippen LogP contribution in [0.2, 0.25) is 0 Å². The minimum absolute atomic E-state index is 1.01. The van der Waals surface area contributed by atoms with Gasteiger partial charge in [-0.1, -0.05) is 6.92 Å². The molecule has 0 aliphatic heterocycles. The quantitative estimate of drug-likeness (QED) is 0.615. The highest BCUT2D eigenvalue weighted by Gasteiger charge is 1.94. The summed E-state index contributed by atoms with van der Waals surface area (Å²) in [4.78, 5) is 1.38. The maximum absolute atomic E-state index is 5.02. The van der Waals surface area contributed by atoms with Crippen molar-refractivity contribution in [2.45, 2.75) is 13.3 Å². The average molecular weight is 142 g/mol. The van der Waals surface area contributed by atoms with Gasteiger partial charge in [-0.15, -0.1) is 11.3 Å². The van der Waals surface area contributed by atoms with E-state index in [9.17, 15) is 0 Å². The zero-order valence-electron chi connectivity index (χ0n) is 5.68. The van der Waals surface area contributed by atoms with E-state index in [1.807, 2.05) is 6.07 Å². The van der Waals surface area contributed by atoms with Crippen LogP contribution in [0.15, 0.2) is 12.1 Å². The summed E-state index contributed by atoms with van der Waals surface area (Å²) in [6, 6.07) is 4.10. The summed E-state index contributed by atoms with van der Waals surface area (Å²) in [7, 11) is 1.70. The van der Waals surface area contributed by atoms with Crippen LogP contribution in [0.1, 0.15) is 11.8 Å². The average Bonchev–Trinajstić information content (AvgIpc) is 2.34. The van der Waals surface area contributed by atoms with Gasteiger partial charge >= 0.3 is 0 Å². The van der Waals surface area contributed by atoms with Crippen LogP contribution >= 0.6 is 11.3 Å². The van der Waals surface area contributed by atoms with Crippen molar-refractivity contribution in [1.29, 1.82) is 0 Å². The van der Waals surface area contributed by atoms with E-state index in [0.29, 0.717) is 0 Å². The standard InChI is InChI=1S/C7H10OS/c1-3-6-4-5-7(8-2)9-6/h4-5H,3H2,1-2H3. The fourth-order valence-electron chi connectivity index (χ4n) is 0.658. The highest BCUT2D eigenvalue weighted by Crippen LogP contribution is 2.23. The molecule has 1 heterocycles. The van der Waals surface area contributed by atoms with Crippen LogP contribution in [-0.4, -0.2) is 7.11 Å². The maximum Gasteiger partial charge on any atom is 0.173 e. The smallest absolute Gasteiger partial charge is 0.173 e. The van der Waals surface area contributed by atoms with Crippen LogP contribution in [0.25, 0.3) is 0 Å². The highest BCUT2D eigenvalue weighted by molar-refractivity contribution is 7.13. The molecule has 0 atom stereocenters. The minimum Gasteiger partial charge on any atom is -0.487 e. The summed E-state index contributed by atoms with van der Waals surface area (Å²) < 4.78 is 5.02. The molecule has 0 aliphatic rings. The summed E-state index contributed by atoms with van der Waals surface area (Å²) in [5.41, 5.74) is 0. The second-order valence-corrected chi connectivity index (χ2v) is 2.91. The normalized spacial score (nSPS) is 9.56. The lowest BCUT2D eigenvalue weighted by Gasteiger charge is -1.88. The Kier molecular flexibility index (Phi) is 2.11. The molecule has 0 fully saturated rings. The molecule has 2 heteroatoms. The Balaban J connectivity index is 2.74. The Morgan fingerprint density at radius 3 is 2.67 bits per heavy atom. The summed E-state index contributed by atoms with van der Waals surface area (Å²) in [6.07, 6.45) is 1.11. The minimum atomic E-state index is 1.01. The Bertz CT molecular complexity index is 162. The Labute approximate surface area is 59.3 Å². The number of aryl methyl sites for hydroxylation is 1. The van der Waals surface area contributed by atoms with Crippen LogP contribution in [0, 0.1) is 0 Å². The zero-order valence-corrected chi connectivity index (χ0v) is 6.49. The lowest BCUT2D eigenvalue weighted by atomic mass is 10.4. The number of hydrogen-bond acceptors (Lipinski definition) is 2. The molecule has 0 N–H and O–H groups in total. The van der Waals surface area contributed by atoms with E-state index in [0.717, 1.165) is 11.5 Å². The molecular formula is C7H10OS. The third-order valence-electron chi connectivity index (χ3n) is 1.19. The van der Waals surface area contributed by atoms with Crippen molar-refractivity contribution >= 4 is 11.3 Å². The van der Waals surface area contributed by atoms with Crippen molar-refractivity contribution in [3.63, 3.8) is 0 Å². The third-order valence-corrected chi connectivity index (χ3v) is 2.38. The molecule has 0 aliphatic carbocycles. The van der Waals surface area contributed by atoms with Gasteiger partial charge in [-0.25, -0.2) is 0 Å². The van der Waals surface area contributed by atoms with Gasteiger partial charge in [0.2, 0.25) is 0 Å². The summed E-state index contributed by atoms with van der Waals surface area (Å²) in [5.74, 6) is 0. The molecule has 0 amide bonds. The van der Waals surface area contributed by atoms with E-state index in [1.165, 1.54) is 4.88 Å². The van der Waals surface area contributed by atoms with Crippen LogP contribution in [0.3, 0.4) is 0 Å². The van der Waals surface area contributed by atoms with Crippen molar-refractivity contribution in [1.82, 2.24) is 0 Å². The molecule has 0 saturated carbocycles. The molecular weight excluding hydrogens is 132 g/mol. The summed E-state index contributed by atoms with van der Waals surface area (Å²) in [6.45, 7) is 2.14. The van der Waals surface area contributed by atoms with Gasteiger partial charge in [0, 0.05) is 4.88 Å². The number of ether oxygens (including phenoxy) is 1. The van der Waals surface area contributed by atoms with Gasteiger partial charge in [0.05, 0.1) is 7.11 Å². The van der Waals surface area contributed by atoms with Crippen LogP contribution in [0.5, 0.6) is 5.06 Å². The van der Waals surface area contributed by atoms with E-state index < -0.39 is 0 Å². The Hall–Kier alpha value is -0.500. The molecule has 0 unspecified atom stereocenters. The van der Waals surface area contributed by atoms with Gasteiger partial charge in [0.15, 0.2) is 5.06 Å². The predicted molar refractivity (Wildman–Crippen MR) is 40.2 cm³/mol. The summed E-state index contributed by atoms with van der Waals surface area (Å²) >= 11 is 1.71. The van der Waals surface area contributed by atoms with Crippen molar-refractivity contribution < 1.29 is 4.74 Å². The first-order valence-corrected chi connectivity index (χ1v) is 3.81. The van der Waals surface area contributed by atoms with Gasteiger partial charge < -0.3 is 4.74 Å². The molecule has 0 spiro atoms. The Morgan fingerprint density at radius 1 is 1.56 bits per heavy atom. The number of thiophene rings is 1. The van der Waals surface area contributed by atoms with Gasteiger partial charge in [-0.3, -0.25) is 0 Å². The molecule has 1 rings (SSSR count). The molecule has 1 aromatic heterocycles. The topological polar surface area (TPSA) is 9.23 Å². The van der Waals surface area contributed by atoms with Crippen molar-refractivity contribution in [2.75, 3.05) is 7.11 Å². The lowest BCUT2D eigenvalue weighted by molar-refractivity contribution is 0.427. The van der Waals surface area contributed by atoms with Gasteiger partial charge in [0.25, 0.3) is 0 Å². The largest absolute Gasteiger partial charge is 0.487 e. The second-order valence-electron chi connectivity index (χ2n) is 1.78. The highest BCUT2D eigenvalue weighted by atomic mass is 32.1. The number of hydrogen-bond donors (Lipinski definition) is 0. The van der Waals surface area contributed by atoms with Gasteiger partial charge in [0.1, 0.15) is 0 Å². The van der Waals surface area contributed by atoms with Crippen LogP contribution in [0.4, 0.5) is 0 Å². The van der Waals surface area contributed by atoms with Crippen LogP contribution in [-0.2, 0) is 6.42 Å². The molecule has 1 nitrogen and oxygen atoms in total. The SMILES string of the molecule is CCc1ccc(OC)s1. The van der Waals surface area contributed by atoms with Gasteiger partial charge in [-0.2, -0.15) is 0 Å². The van der Waals surface area contributed by atoms with Crippen molar-refractivity contribution in [3.05, 3.63) is 17.0 Å².